The lowest BCUT2D eigenvalue weighted by Gasteiger charge is -2.25. The Morgan fingerprint density at radius 2 is 2.06 bits per heavy atom. The average Bonchev–Trinajstić information content (AvgIpc) is 2.71. The lowest BCUT2D eigenvalue weighted by molar-refractivity contribution is -0.150. The summed E-state index contributed by atoms with van der Waals surface area (Å²) in [6.07, 6.45) is -0.562. The molecule has 3 atom stereocenters. The molecule has 1 heterocycles. The van der Waals surface area contributed by atoms with Gasteiger partial charge in [0.2, 0.25) is 0 Å². The first-order valence-electron chi connectivity index (χ1n) is 6.29. The third-order valence-corrected chi connectivity index (χ3v) is 3.83. The minimum Gasteiger partial charge on any atom is -0.464 e. The smallest absolute Gasteiger partial charge is 0.408 e. The predicted octanol–water partition coefficient (Wildman–Crippen LogP) is 1.71. The molecular formula is C13H21NO4. The standard InChI is InChI=1S/C13H21NO4/c1-12(2,3)18-11(16)14-9-8-7(13(8,4)5)6-17-10(9)15/h7-9H,6H2,1-5H3,(H,14,16)/t7-,8-,9-/m0/s1. The summed E-state index contributed by atoms with van der Waals surface area (Å²) in [7, 11) is 0. The lowest BCUT2D eigenvalue weighted by atomic mass is 10.0. The van der Waals surface area contributed by atoms with E-state index in [-0.39, 0.29) is 17.3 Å². The molecule has 102 valence electrons. The second-order valence-electron chi connectivity index (χ2n) is 6.71. The van der Waals surface area contributed by atoms with Gasteiger partial charge in [-0.1, -0.05) is 13.8 Å². The van der Waals surface area contributed by atoms with Gasteiger partial charge in [-0.25, -0.2) is 9.59 Å². The fourth-order valence-electron chi connectivity index (χ4n) is 2.76. The molecule has 1 aliphatic heterocycles. The van der Waals surface area contributed by atoms with Crippen LogP contribution in [0.4, 0.5) is 4.79 Å². The maximum absolute atomic E-state index is 11.7. The molecule has 0 spiro atoms. The third kappa shape index (κ3) is 2.31. The van der Waals surface area contributed by atoms with Gasteiger partial charge in [0, 0.05) is 11.8 Å². The Hall–Kier alpha value is -1.26. The zero-order chi connectivity index (χ0) is 13.7. The van der Waals surface area contributed by atoms with Crippen LogP contribution in [0.15, 0.2) is 0 Å². The summed E-state index contributed by atoms with van der Waals surface area (Å²) in [4.78, 5) is 23.4. The molecule has 0 unspecified atom stereocenters. The molecule has 1 aliphatic carbocycles. The number of ether oxygens (including phenoxy) is 2. The summed E-state index contributed by atoms with van der Waals surface area (Å²) in [5.41, 5.74) is -0.521. The summed E-state index contributed by atoms with van der Waals surface area (Å²) in [6.45, 7) is 10.0. The van der Waals surface area contributed by atoms with Crippen LogP contribution in [0.2, 0.25) is 0 Å². The summed E-state index contributed by atoms with van der Waals surface area (Å²) < 4.78 is 10.3. The van der Waals surface area contributed by atoms with Crippen LogP contribution in [0.25, 0.3) is 0 Å². The maximum atomic E-state index is 11.7. The molecule has 1 saturated carbocycles. The van der Waals surface area contributed by atoms with Crippen molar-refractivity contribution in [3.05, 3.63) is 0 Å². The van der Waals surface area contributed by atoms with Gasteiger partial charge in [-0.05, 0) is 26.2 Å². The van der Waals surface area contributed by atoms with E-state index in [1.54, 1.807) is 20.8 Å². The Morgan fingerprint density at radius 3 is 2.61 bits per heavy atom. The van der Waals surface area contributed by atoms with E-state index in [1.165, 1.54) is 0 Å². The number of amides is 1. The van der Waals surface area contributed by atoms with Crippen LogP contribution in [0.5, 0.6) is 0 Å². The molecule has 0 radical (unpaired) electrons. The van der Waals surface area contributed by atoms with Gasteiger partial charge in [0.1, 0.15) is 11.6 Å². The minimum atomic E-state index is -0.575. The quantitative estimate of drug-likeness (QED) is 0.724. The van der Waals surface area contributed by atoms with Gasteiger partial charge < -0.3 is 14.8 Å². The molecule has 5 nitrogen and oxygen atoms in total. The summed E-state index contributed by atoms with van der Waals surface area (Å²) in [5, 5.41) is 2.64. The Labute approximate surface area is 107 Å². The van der Waals surface area contributed by atoms with E-state index in [1.807, 2.05) is 0 Å². The lowest BCUT2D eigenvalue weighted by Crippen LogP contribution is -2.48. The first-order valence-corrected chi connectivity index (χ1v) is 6.29. The van der Waals surface area contributed by atoms with E-state index < -0.39 is 17.7 Å². The molecule has 18 heavy (non-hydrogen) atoms. The number of rotatable bonds is 1. The van der Waals surface area contributed by atoms with Crippen LogP contribution in [-0.4, -0.2) is 30.3 Å². The molecule has 2 rings (SSSR count). The number of cyclic esters (lactones) is 1. The number of esters is 1. The highest BCUT2D eigenvalue weighted by atomic mass is 16.6. The fraction of sp³-hybridized carbons (Fsp3) is 0.846. The number of hydrogen-bond acceptors (Lipinski definition) is 4. The average molecular weight is 255 g/mol. The van der Waals surface area contributed by atoms with Gasteiger partial charge in [-0.3, -0.25) is 0 Å². The SMILES string of the molecule is CC(C)(C)OC(=O)N[C@@H]1C(=O)OC[C@H]2[C@@H]1C2(C)C. The van der Waals surface area contributed by atoms with E-state index >= 15 is 0 Å². The number of hydrogen-bond donors (Lipinski definition) is 1. The third-order valence-electron chi connectivity index (χ3n) is 3.83. The Balaban J connectivity index is 2.00. The van der Waals surface area contributed by atoms with Crippen molar-refractivity contribution in [1.82, 2.24) is 5.32 Å². The second kappa shape index (κ2) is 3.87. The summed E-state index contributed by atoms with van der Waals surface area (Å²) in [6, 6.07) is -0.575. The van der Waals surface area contributed by atoms with E-state index in [2.05, 4.69) is 19.2 Å². The van der Waals surface area contributed by atoms with E-state index in [0.29, 0.717) is 12.5 Å². The van der Waals surface area contributed by atoms with Crippen molar-refractivity contribution in [2.75, 3.05) is 6.61 Å². The van der Waals surface area contributed by atoms with Gasteiger partial charge in [-0.15, -0.1) is 0 Å². The van der Waals surface area contributed by atoms with Gasteiger partial charge in [0.15, 0.2) is 0 Å². The van der Waals surface area contributed by atoms with Gasteiger partial charge in [0.05, 0.1) is 6.61 Å². The zero-order valence-corrected chi connectivity index (χ0v) is 11.6. The van der Waals surface area contributed by atoms with E-state index in [9.17, 15) is 9.59 Å². The first kappa shape index (κ1) is 13.2. The Morgan fingerprint density at radius 1 is 1.44 bits per heavy atom. The maximum Gasteiger partial charge on any atom is 0.408 e. The van der Waals surface area contributed by atoms with Crippen molar-refractivity contribution in [3.8, 4) is 0 Å². The van der Waals surface area contributed by atoms with Crippen LogP contribution in [0.3, 0.4) is 0 Å². The summed E-state index contributed by atoms with van der Waals surface area (Å²) in [5.74, 6) is 0.147. The number of fused-ring (bicyclic) bond motifs is 1. The molecule has 0 aromatic rings. The Kier molecular flexibility index (Phi) is 2.83. The molecular weight excluding hydrogens is 234 g/mol. The topological polar surface area (TPSA) is 64.6 Å². The molecule has 5 heteroatoms. The molecule has 2 fully saturated rings. The minimum absolute atomic E-state index is 0.0475. The van der Waals surface area contributed by atoms with Gasteiger partial charge in [-0.2, -0.15) is 0 Å². The van der Waals surface area contributed by atoms with E-state index in [4.69, 9.17) is 9.47 Å². The van der Waals surface area contributed by atoms with Gasteiger partial charge >= 0.3 is 12.1 Å². The van der Waals surface area contributed by atoms with Crippen LogP contribution < -0.4 is 5.32 Å². The first-order chi connectivity index (χ1) is 8.13. The van der Waals surface area contributed by atoms with Gasteiger partial charge in [0.25, 0.3) is 0 Å². The normalized spacial score (nSPS) is 33.2. The van der Waals surface area contributed by atoms with E-state index in [0.717, 1.165) is 0 Å². The van der Waals surface area contributed by atoms with Crippen molar-refractivity contribution in [1.29, 1.82) is 0 Å². The van der Waals surface area contributed by atoms with Crippen LogP contribution in [-0.2, 0) is 14.3 Å². The number of nitrogens with one attached hydrogen (secondary N) is 1. The molecule has 1 saturated heterocycles. The fourth-order valence-corrected chi connectivity index (χ4v) is 2.76. The molecule has 0 aromatic carbocycles. The largest absolute Gasteiger partial charge is 0.464 e. The highest BCUT2D eigenvalue weighted by Crippen LogP contribution is 2.61. The molecule has 0 aromatic heterocycles. The van der Waals surface area contributed by atoms with Crippen molar-refractivity contribution in [3.63, 3.8) is 0 Å². The molecule has 0 bridgehead atoms. The second-order valence-corrected chi connectivity index (χ2v) is 6.71. The number of carbonyl (C=O) groups is 2. The monoisotopic (exact) mass is 255 g/mol. The summed E-state index contributed by atoms with van der Waals surface area (Å²) >= 11 is 0. The number of carbonyl (C=O) groups excluding carboxylic acids is 2. The highest BCUT2D eigenvalue weighted by molar-refractivity contribution is 5.83. The molecule has 1 amide bonds. The van der Waals surface area contributed by atoms with Crippen LogP contribution in [0, 0.1) is 17.3 Å². The molecule has 1 N–H and O–H groups in total. The van der Waals surface area contributed by atoms with Crippen molar-refractivity contribution in [2.45, 2.75) is 46.3 Å². The molecule has 2 aliphatic rings. The predicted molar refractivity (Wildman–Crippen MR) is 64.9 cm³/mol. The highest BCUT2D eigenvalue weighted by Gasteiger charge is 2.66. The van der Waals surface area contributed by atoms with Crippen molar-refractivity contribution < 1.29 is 19.1 Å². The van der Waals surface area contributed by atoms with Crippen molar-refractivity contribution >= 4 is 12.1 Å². The number of alkyl carbamates (subject to hydrolysis) is 1. The van der Waals surface area contributed by atoms with Crippen molar-refractivity contribution in [2.24, 2.45) is 17.3 Å². The van der Waals surface area contributed by atoms with Crippen LogP contribution >= 0.6 is 0 Å². The zero-order valence-electron chi connectivity index (χ0n) is 11.6. The van der Waals surface area contributed by atoms with Crippen LogP contribution in [0.1, 0.15) is 34.6 Å². The Bertz CT molecular complexity index is 383.